The summed E-state index contributed by atoms with van der Waals surface area (Å²) in [5.74, 6) is 0. The van der Waals surface area contributed by atoms with Gasteiger partial charge in [-0.25, -0.2) is 4.99 Å². The Morgan fingerprint density at radius 1 is 1.13 bits per heavy atom. The molecular formula is C8H13NO5S. The van der Waals surface area contributed by atoms with E-state index in [4.69, 9.17) is 9.84 Å². The molecule has 5 atom stereocenters. The number of hydrogen-bond acceptors (Lipinski definition) is 7. The quantitative estimate of drug-likeness (QED) is 0.331. The first-order chi connectivity index (χ1) is 7.11. The second-order valence-corrected chi connectivity index (χ2v) is 3.48. The van der Waals surface area contributed by atoms with E-state index in [9.17, 15) is 15.3 Å². The summed E-state index contributed by atoms with van der Waals surface area (Å²) in [6.07, 6.45) is -5.64. The van der Waals surface area contributed by atoms with Crippen LogP contribution in [0, 0.1) is 0 Å². The van der Waals surface area contributed by atoms with Crippen molar-refractivity contribution in [2.45, 2.75) is 30.5 Å². The minimum absolute atomic E-state index is 0.0327. The fraction of sp³-hybridized carbons (Fsp3) is 0.875. The van der Waals surface area contributed by atoms with Crippen molar-refractivity contribution in [3.8, 4) is 0 Å². The number of thiocarbonyl (C=S) groups is 1. The molecule has 0 aromatic rings. The van der Waals surface area contributed by atoms with Crippen LogP contribution in [-0.2, 0) is 4.74 Å². The van der Waals surface area contributed by atoms with Gasteiger partial charge in [0.05, 0.1) is 18.3 Å². The predicted molar refractivity (Wildman–Crippen MR) is 53.7 cm³/mol. The monoisotopic (exact) mass is 235 g/mol. The van der Waals surface area contributed by atoms with E-state index in [1.54, 1.807) is 0 Å². The number of rotatable bonds is 3. The minimum atomic E-state index is -1.36. The van der Waals surface area contributed by atoms with Crippen molar-refractivity contribution >= 4 is 17.4 Å². The van der Waals surface area contributed by atoms with Crippen LogP contribution in [0.5, 0.6) is 0 Å². The lowest BCUT2D eigenvalue weighted by Crippen LogP contribution is -2.59. The lowest BCUT2D eigenvalue weighted by molar-refractivity contribution is -0.226. The van der Waals surface area contributed by atoms with Gasteiger partial charge < -0.3 is 25.2 Å². The lowest BCUT2D eigenvalue weighted by Gasteiger charge is -2.39. The molecule has 1 fully saturated rings. The van der Waals surface area contributed by atoms with Crippen LogP contribution in [0.25, 0.3) is 0 Å². The Morgan fingerprint density at radius 2 is 1.73 bits per heavy atom. The molecule has 0 bridgehead atoms. The average Bonchev–Trinajstić information content (AvgIpc) is 2.25. The van der Waals surface area contributed by atoms with Crippen LogP contribution < -0.4 is 0 Å². The molecule has 1 aliphatic rings. The summed E-state index contributed by atoms with van der Waals surface area (Å²) in [6, 6.07) is 0. The van der Waals surface area contributed by atoms with Gasteiger partial charge in [-0.3, -0.25) is 0 Å². The third-order valence-corrected chi connectivity index (χ3v) is 2.46. The summed E-state index contributed by atoms with van der Waals surface area (Å²) in [4.78, 5) is 3.58. The van der Waals surface area contributed by atoms with Crippen molar-refractivity contribution in [3.05, 3.63) is 0 Å². The van der Waals surface area contributed by atoms with E-state index in [0.29, 0.717) is 0 Å². The van der Waals surface area contributed by atoms with E-state index in [0.717, 1.165) is 0 Å². The van der Waals surface area contributed by atoms with E-state index in [2.05, 4.69) is 22.4 Å². The molecule has 86 valence electrons. The Labute approximate surface area is 91.8 Å². The molecular weight excluding hydrogens is 222 g/mol. The standard InChI is InChI=1S/C8H13NO5S/c10-2-5-7(12)8(13)6(11)4(14-5)1-9-3-15/h4-8,10-13H,1-2H2/t4-,5-,6+,7+,8-/m1/s1. The molecule has 1 aliphatic heterocycles. The third-order valence-electron chi connectivity index (χ3n) is 2.33. The van der Waals surface area contributed by atoms with Crippen LogP contribution >= 0.6 is 12.2 Å². The van der Waals surface area contributed by atoms with E-state index in [-0.39, 0.29) is 6.54 Å². The number of aliphatic hydroxyl groups excluding tert-OH is 4. The molecule has 0 radical (unpaired) electrons. The molecule has 1 saturated heterocycles. The molecule has 0 spiro atoms. The van der Waals surface area contributed by atoms with Gasteiger partial charge >= 0.3 is 0 Å². The fourth-order valence-electron chi connectivity index (χ4n) is 1.46. The highest BCUT2D eigenvalue weighted by Crippen LogP contribution is 2.21. The Morgan fingerprint density at radius 3 is 2.27 bits per heavy atom. The average molecular weight is 235 g/mol. The van der Waals surface area contributed by atoms with Crippen molar-refractivity contribution in [3.63, 3.8) is 0 Å². The maximum atomic E-state index is 9.51. The van der Waals surface area contributed by atoms with Gasteiger partial charge in [0.2, 0.25) is 0 Å². The number of hydrogen-bond donors (Lipinski definition) is 4. The molecule has 0 amide bonds. The van der Waals surface area contributed by atoms with Crippen molar-refractivity contribution < 1.29 is 25.2 Å². The largest absolute Gasteiger partial charge is 0.394 e. The minimum Gasteiger partial charge on any atom is -0.394 e. The highest BCUT2D eigenvalue weighted by molar-refractivity contribution is 7.78. The van der Waals surface area contributed by atoms with Crippen LogP contribution in [0.2, 0.25) is 0 Å². The number of isothiocyanates is 1. The third kappa shape index (κ3) is 2.79. The van der Waals surface area contributed by atoms with Crippen LogP contribution in [-0.4, -0.2) is 69.3 Å². The van der Waals surface area contributed by atoms with E-state index in [1.807, 2.05) is 0 Å². The number of nitrogens with zero attached hydrogens (tertiary/aromatic N) is 1. The first-order valence-corrected chi connectivity index (χ1v) is 4.86. The van der Waals surface area contributed by atoms with Crippen LogP contribution in [0.4, 0.5) is 0 Å². The zero-order valence-electron chi connectivity index (χ0n) is 7.85. The summed E-state index contributed by atoms with van der Waals surface area (Å²) >= 11 is 4.35. The van der Waals surface area contributed by atoms with Crippen molar-refractivity contribution in [2.75, 3.05) is 13.2 Å². The number of aliphatic hydroxyl groups is 4. The van der Waals surface area contributed by atoms with Gasteiger partial charge in [0, 0.05) is 0 Å². The molecule has 0 unspecified atom stereocenters. The SMILES string of the molecule is OC[C@H]1O[C@H](CN=C=S)[C@H](O)[C@@H](O)[C@H]1O. The molecule has 6 nitrogen and oxygen atoms in total. The van der Waals surface area contributed by atoms with Gasteiger partial charge in [-0.15, -0.1) is 0 Å². The highest BCUT2D eigenvalue weighted by Gasteiger charge is 2.43. The van der Waals surface area contributed by atoms with Gasteiger partial charge in [0.1, 0.15) is 30.5 Å². The molecule has 1 heterocycles. The number of ether oxygens (including phenoxy) is 1. The number of aliphatic imine (C=N–C) groups is 1. The zero-order chi connectivity index (χ0) is 11.4. The molecule has 0 saturated carbocycles. The van der Waals surface area contributed by atoms with E-state index >= 15 is 0 Å². The normalized spacial score (nSPS) is 40.9. The van der Waals surface area contributed by atoms with Crippen LogP contribution in [0.15, 0.2) is 4.99 Å². The summed E-state index contributed by atoms with van der Waals surface area (Å²) in [7, 11) is 0. The molecule has 1 rings (SSSR count). The summed E-state index contributed by atoms with van der Waals surface area (Å²) in [5.41, 5.74) is 0. The first-order valence-electron chi connectivity index (χ1n) is 4.46. The van der Waals surface area contributed by atoms with Crippen molar-refractivity contribution in [2.24, 2.45) is 4.99 Å². The zero-order valence-corrected chi connectivity index (χ0v) is 8.67. The van der Waals surface area contributed by atoms with Gasteiger partial charge in [0.15, 0.2) is 0 Å². The second kappa shape index (κ2) is 5.62. The van der Waals surface area contributed by atoms with Crippen LogP contribution in [0.3, 0.4) is 0 Å². The highest BCUT2D eigenvalue weighted by atomic mass is 32.1. The summed E-state index contributed by atoms with van der Waals surface area (Å²) in [6.45, 7) is -0.409. The molecule has 0 aromatic carbocycles. The molecule has 4 N–H and O–H groups in total. The van der Waals surface area contributed by atoms with E-state index < -0.39 is 37.1 Å². The topological polar surface area (TPSA) is 103 Å². The Kier molecular flexibility index (Phi) is 4.75. The second-order valence-electron chi connectivity index (χ2n) is 3.30. The maximum absolute atomic E-state index is 9.51. The smallest absolute Gasteiger partial charge is 0.111 e. The van der Waals surface area contributed by atoms with Gasteiger partial charge in [0.25, 0.3) is 0 Å². The molecule has 7 heteroatoms. The Balaban J connectivity index is 2.69. The van der Waals surface area contributed by atoms with Crippen molar-refractivity contribution in [1.82, 2.24) is 0 Å². The molecule has 0 aromatic heterocycles. The summed E-state index contributed by atoms with van der Waals surface area (Å²) < 4.78 is 5.14. The van der Waals surface area contributed by atoms with Gasteiger partial charge in [-0.2, -0.15) is 0 Å². The Bertz CT molecular complexity index is 255. The first kappa shape index (κ1) is 12.7. The van der Waals surface area contributed by atoms with Crippen LogP contribution in [0.1, 0.15) is 0 Å². The van der Waals surface area contributed by atoms with E-state index in [1.165, 1.54) is 0 Å². The lowest BCUT2D eigenvalue weighted by atomic mass is 9.95. The van der Waals surface area contributed by atoms with Gasteiger partial charge in [-0.1, -0.05) is 0 Å². The Hall–Kier alpha value is -0.400. The molecule has 0 aliphatic carbocycles. The fourth-order valence-corrected chi connectivity index (χ4v) is 1.53. The summed E-state index contributed by atoms with van der Waals surface area (Å²) in [5, 5.41) is 39.3. The molecule has 15 heavy (non-hydrogen) atoms. The maximum Gasteiger partial charge on any atom is 0.111 e. The predicted octanol–water partition coefficient (Wildman–Crippen LogP) is -2.07. The van der Waals surface area contributed by atoms with Crippen molar-refractivity contribution in [1.29, 1.82) is 0 Å². The van der Waals surface area contributed by atoms with Gasteiger partial charge in [-0.05, 0) is 12.2 Å².